The Morgan fingerprint density at radius 2 is 2.14 bits per heavy atom. The third kappa shape index (κ3) is 3.81. The first-order chi connectivity index (χ1) is 10.5. The van der Waals surface area contributed by atoms with Gasteiger partial charge in [0.15, 0.2) is 6.10 Å². The lowest BCUT2D eigenvalue weighted by atomic mass is 10.1. The molecule has 1 aromatic carbocycles. The molecule has 0 aliphatic carbocycles. The molecule has 1 atom stereocenters. The Labute approximate surface area is 127 Å². The summed E-state index contributed by atoms with van der Waals surface area (Å²) in [5, 5.41) is 2.50. The fourth-order valence-corrected chi connectivity index (χ4v) is 2.15. The standard InChI is InChI=1S/C15H17FN2O4/c1-10(14(20)18-9-8-17-15(18)21)22-13(19)7-6-11-4-2-3-5-12(11)16/h2-5,10H,6-9H2,1H3,(H,17,21)/t10-/m0/s1. The molecule has 7 heteroatoms. The summed E-state index contributed by atoms with van der Waals surface area (Å²) >= 11 is 0. The molecule has 1 aliphatic heterocycles. The second kappa shape index (κ2) is 7.02. The highest BCUT2D eigenvalue weighted by Crippen LogP contribution is 2.10. The predicted molar refractivity (Wildman–Crippen MR) is 75.4 cm³/mol. The Balaban J connectivity index is 1.82. The number of hydrogen-bond donors (Lipinski definition) is 1. The third-order valence-electron chi connectivity index (χ3n) is 3.34. The van der Waals surface area contributed by atoms with Gasteiger partial charge in [0, 0.05) is 19.5 Å². The van der Waals surface area contributed by atoms with Crippen LogP contribution < -0.4 is 5.32 Å². The highest BCUT2D eigenvalue weighted by molar-refractivity contribution is 5.98. The number of amides is 3. The molecular formula is C15H17FN2O4. The SMILES string of the molecule is C[C@H](OC(=O)CCc1ccccc1F)C(=O)N1CCNC1=O. The Morgan fingerprint density at radius 3 is 2.77 bits per heavy atom. The summed E-state index contributed by atoms with van der Waals surface area (Å²) in [6.07, 6.45) is -0.890. The van der Waals surface area contributed by atoms with Crippen LogP contribution in [0, 0.1) is 5.82 Å². The van der Waals surface area contributed by atoms with E-state index in [1.165, 1.54) is 13.0 Å². The van der Waals surface area contributed by atoms with E-state index in [4.69, 9.17) is 4.74 Å². The minimum atomic E-state index is -1.04. The highest BCUT2D eigenvalue weighted by atomic mass is 19.1. The molecule has 0 unspecified atom stereocenters. The van der Waals surface area contributed by atoms with Crippen molar-refractivity contribution in [2.45, 2.75) is 25.9 Å². The van der Waals surface area contributed by atoms with Crippen LogP contribution in [0.4, 0.5) is 9.18 Å². The first kappa shape index (κ1) is 15.9. The number of benzene rings is 1. The van der Waals surface area contributed by atoms with E-state index in [1.54, 1.807) is 18.2 Å². The summed E-state index contributed by atoms with van der Waals surface area (Å²) in [7, 11) is 0. The van der Waals surface area contributed by atoms with Gasteiger partial charge in [0.1, 0.15) is 5.82 Å². The van der Waals surface area contributed by atoms with Crippen molar-refractivity contribution < 1.29 is 23.5 Å². The van der Waals surface area contributed by atoms with Gasteiger partial charge in [-0.25, -0.2) is 9.18 Å². The van der Waals surface area contributed by atoms with E-state index in [-0.39, 0.29) is 25.2 Å². The summed E-state index contributed by atoms with van der Waals surface area (Å²) in [4.78, 5) is 36.0. The van der Waals surface area contributed by atoms with Crippen LogP contribution in [0.25, 0.3) is 0 Å². The lowest BCUT2D eigenvalue weighted by Gasteiger charge is -2.18. The maximum absolute atomic E-state index is 13.4. The molecule has 0 spiro atoms. The summed E-state index contributed by atoms with van der Waals surface area (Å²) < 4.78 is 18.4. The van der Waals surface area contributed by atoms with Crippen LogP contribution in [0.5, 0.6) is 0 Å². The number of esters is 1. The molecule has 2 rings (SSSR count). The second-order valence-corrected chi connectivity index (χ2v) is 4.95. The molecule has 0 radical (unpaired) electrons. The maximum Gasteiger partial charge on any atom is 0.324 e. The van der Waals surface area contributed by atoms with Crippen molar-refractivity contribution in [1.82, 2.24) is 10.2 Å². The first-order valence-corrected chi connectivity index (χ1v) is 7.01. The van der Waals surface area contributed by atoms with Gasteiger partial charge in [-0.05, 0) is 25.0 Å². The molecular weight excluding hydrogens is 291 g/mol. The molecule has 3 amide bonds. The van der Waals surface area contributed by atoms with Crippen LogP contribution in [0.3, 0.4) is 0 Å². The van der Waals surface area contributed by atoms with E-state index in [2.05, 4.69) is 5.32 Å². The van der Waals surface area contributed by atoms with Gasteiger partial charge in [-0.2, -0.15) is 0 Å². The number of halogens is 1. The van der Waals surface area contributed by atoms with Crippen molar-refractivity contribution in [3.8, 4) is 0 Å². The van der Waals surface area contributed by atoms with E-state index in [0.29, 0.717) is 12.1 Å². The normalized spacial score (nSPS) is 15.4. The average molecular weight is 308 g/mol. The van der Waals surface area contributed by atoms with Crippen LogP contribution >= 0.6 is 0 Å². The second-order valence-electron chi connectivity index (χ2n) is 4.95. The van der Waals surface area contributed by atoms with E-state index in [9.17, 15) is 18.8 Å². The van der Waals surface area contributed by atoms with Gasteiger partial charge in [-0.15, -0.1) is 0 Å². The largest absolute Gasteiger partial charge is 0.453 e. The number of urea groups is 1. The average Bonchev–Trinajstić information content (AvgIpc) is 2.91. The fourth-order valence-electron chi connectivity index (χ4n) is 2.15. The molecule has 0 bridgehead atoms. The number of carbonyl (C=O) groups is 3. The molecule has 1 fully saturated rings. The van der Waals surface area contributed by atoms with E-state index in [1.807, 2.05) is 0 Å². The van der Waals surface area contributed by atoms with Crippen molar-refractivity contribution >= 4 is 17.9 Å². The third-order valence-corrected chi connectivity index (χ3v) is 3.34. The van der Waals surface area contributed by atoms with Gasteiger partial charge in [0.2, 0.25) is 0 Å². The molecule has 0 aromatic heterocycles. The maximum atomic E-state index is 13.4. The molecule has 1 saturated heterocycles. The van der Waals surface area contributed by atoms with Crippen molar-refractivity contribution in [2.75, 3.05) is 13.1 Å². The van der Waals surface area contributed by atoms with Gasteiger partial charge >= 0.3 is 12.0 Å². The van der Waals surface area contributed by atoms with Gasteiger partial charge < -0.3 is 10.1 Å². The van der Waals surface area contributed by atoms with Gasteiger partial charge in [0.05, 0.1) is 0 Å². The number of aryl methyl sites for hydroxylation is 1. The zero-order valence-corrected chi connectivity index (χ0v) is 12.2. The molecule has 118 valence electrons. The van der Waals surface area contributed by atoms with Gasteiger partial charge in [0.25, 0.3) is 5.91 Å². The van der Waals surface area contributed by atoms with Crippen molar-refractivity contribution in [3.63, 3.8) is 0 Å². The van der Waals surface area contributed by atoms with Gasteiger partial charge in [-0.1, -0.05) is 18.2 Å². The Morgan fingerprint density at radius 1 is 1.41 bits per heavy atom. The number of imide groups is 1. The number of rotatable bonds is 5. The molecule has 1 aromatic rings. The quantitative estimate of drug-likeness (QED) is 0.831. The van der Waals surface area contributed by atoms with Gasteiger partial charge in [-0.3, -0.25) is 14.5 Å². The minimum absolute atomic E-state index is 0.0370. The molecule has 0 saturated carbocycles. The first-order valence-electron chi connectivity index (χ1n) is 7.01. The smallest absolute Gasteiger partial charge is 0.324 e. The predicted octanol–water partition coefficient (Wildman–Crippen LogP) is 1.24. The highest BCUT2D eigenvalue weighted by Gasteiger charge is 2.31. The van der Waals surface area contributed by atoms with Crippen molar-refractivity contribution in [1.29, 1.82) is 0 Å². The molecule has 22 heavy (non-hydrogen) atoms. The van der Waals surface area contributed by atoms with Crippen LogP contribution in [0.2, 0.25) is 0 Å². The van der Waals surface area contributed by atoms with Crippen LogP contribution in [0.15, 0.2) is 24.3 Å². The Kier molecular flexibility index (Phi) is 5.08. The minimum Gasteiger partial charge on any atom is -0.453 e. The van der Waals surface area contributed by atoms with Crippen molar-refractivity contribution in [2.24, 2.45) is 0 Å². The zero-order chi connectivity index (χ0) is 16.1. The zero-order valence-electron chi connectivity index (χ0n) is 12.2. The van der Waals surface area contributed by atoms with Crippen LogP contribution in [0.1, 0.15) is 18.9 Å². The molecule has 1 heterocycles. The topological polar surface area (TPSA) is 75.7 Å². The Bertz CT molecular complexity index is 591. The lowest BCUT2D eigenvalue weighted by molar-refractivity contribution is -0.157. The summed E-state index contributed by atoms with van der Waals surface area (Å²) in [5.41, 5.74) is 0.414. The summed E-state index contributed by atoms with van der Waals surface area (Å²) in [6, 6.07) is 5.67. The van der Waals surface area contributed by atoms with Crippen LogP contribution in [-0.4, -0.2) is 42.0 Å². The number of hydrogen-bond acceptors (Lipinski definition) is 4. The Hall–Kier alpha value is -2.44. The van der Waals surface area contributed by atoms with E-state index < -0.39 is 24.0 Å². The van der Waals surface area contributed by atoms with E-state index >= 15 is 0 Å². The number of nitrogens with zero attached hydrogens (tertiary/aromatic N) is 1. The number of carbonyl (C=O) groups excluding carboxylic acids is 3. The lowest BCUT2D eigenvalue weighted by Crippen LogP contribution is -2.41. The van der Waals surface area contributed by atoms with E-state index in [0.717, 1.165) is 4.90 Å². The number of ether oxygens (including phenoxy) is 1. The molecule has 6 nitrogen and oxygen atoms in total. The van der Waals surface area contributed by atoms with Crippen LogP contribution in [-0.2, 0) is 20.7 Å². The molecule has 1 N–H and O–H groups in total. The number of nitrogens with one attached hydrogen (secondary N) is 1. The monoisotopic (exact) mass is 308 g/mol. The molecule has 1 aliphatic rings. The van der Waals surface area contributed by atoms with Crippen molar-refractivity contribution in [3.05, 3.63) is 35.6 Å². The fraction of sp³-hybridized carbons (Fsp3) is 0.400. The summed E-state index contributed by atoms with van der Waals surface area (Å²) in [6.45, 7) is 2.06. The summed E-state index contributed by atoms with van der Waals surface area (Å²) in [5.74, 6) is -1.55.